The maximum absolute atomic E-state index is 5.96. The SMILES string of the molecule is Cc1cc(CNC(C)C)cc(OCC2CCCCN2C)n1. The molecule has 21 heavy (non-hydrogen) atoms. The molecule has 4 nitrogen and oxygen atoms in total. The van der Waals surface area contributed by atoms with E-state index >= 15 is 0 Å². The molecule has 4 heteroatoms. The molecule has 1 fully saturated rings. The minimum atomic E-state index is 0.485. The minimum Gasteiger partial charge on any atom is -0.476 e. The Bertz CT molecular complexity index is 448. The van der Waals surface area contributed by atoms with E-state index in [1.165, 1.54) is 31.4 Å². The molecule has 1 aliphatic rings. The molecule has 1 atom stereocenters. The van der Waals surface area contributed by atoms with Gasteiger partial charge in [0.15, 0.2) is 0 Å². The zero-order chi connectivity index (χ0) is 15.2. The highest BCUT2D eigenvalue weighted by atomic mass is 16.5. The van der Waals surface area contributed by atoms with Crippen molar-refractivity contribution in [1.29, 1.82) is 0 Å². The van der Waals surface area contributed by atoms with E-state index in [0.717, 1.165) is 24.7 Å². The molecule has 0 spiro atoms. The van der Waals surface area contributed by atoms with Crippen LogP contribution in [0.3, 0.4) is 0 Å². The van der Waals surface area contributed by atoms with Crippen molar-refractivity contribution >= 4 is 0 Å². The molecule has 0 aliphatic carbocycles. The van der Waals surface area contributed by atoms with Gasteiger partial charge in [0.2, 0.25) is 5.88 Å². The molecule has 0 saturated carbocycles. The van der Waals surface area contributed by atoms with Crippen molar-refractivity contribution < 1.29 is 4.74 Å². The third-order valence-corrected chi connectivity index (χ3v) is 4.05. The van der Waals surface area contributed by atoms with Gasteiger partial charge in [0.05, 0.1) is 0 Å². The van der Waals surface area contributed by atoms with E-state index in [4.69, 9.17) is 4.74 Å². The summed E-state index contributed by atoms with van der Waals surface area (Å²) in [5.74, 6) is 0.759. The van der Waals surface area contributed by atoms with Crippen LogP contribution in [0.4, 0.5) is 0 Å². The highest BCUT2D eigenvalue weighted by molar-refractivity contribution is 5.24. The van der Waals surface area contributed by atoms with Gasteiger partial charge in [-0.15, -0.1) is 0 Å². The van der Waals surface area contributed by atoms with Gasteiger partial charge in [-0.05, 0) is 45.0 Å². The minimum absolute atomic E-state index is 0.485. The molecule has 1 aromatic rings. The number of hydrogen-bond acceptors (Lipinski definition) is 4. The lowest BCUT2D eigenvalue weighted by Crippen LogP contribution is -2.40. The Morgan fingerprint density at radius 3 is 2.90 bits per heavy atom. The summed E-state index contributed by atoms with van der Waals surface area (Å²) >= 11 is 0. The Balaban J connectivity index is 1.92. The summed E-state index contributed by atoms with van der Waals surface area (Å²) in [6.07, 6.45) is 3.84. The molecule has 2 heterocycles. The topological polar surface area (TPSA) is 37.4 Å². The molecule has 1 aromatic heterocycles. The van der Waals surface area contributed by atoms with Gasteiger partial charge in [0.1, 0.15) is 6.61 Å². The van der Waals surface area contributed by atoms with Crippen LogP contribution in [0.15, 0.2) is 12.1 Å². The largest absolute Gasteiger partial charge is 0.476 e. The first kappa shape index (κ1) is 16.2. The second-order valence-corrected chi connectivity index (χ2v) is 6.43. The third-order valence-electron chi connectivity index (χ3n) is 4.05. The summed E-state index contributed by atoms with van der Waals surface area (Å²) < 4.78 is 5.96. The predicted molar refractivity (Wildman–Crippen MR) is 86.7 cm³/mol. The monoisotopic (exact) mass is 291 g/mol. The van der Waals surface area contributed by atoms with E-state index in [0.29, 0.717) is 12.1 Å². The first-order chi connectivity index (χ1) is 10.0. The molecular weight excluding hydrogens is 262 g/mol. The highest BCUT2D eigenvalue weighted by Crippen LogP contribution is 2.18. The summed E-state index contributed by atoms with van der Waals surface area (Å²) in [6.45, 7) is 9.12. The Hall–Kier alpha value is -1.13. The molecule has 1 aliphatic heterocycles. The first-order valence-corrected chi connectivity index (χ1v) is 8.08. The predicted octanol–water partition coefficient (Wildman–Crippen LogP) is 2.75. The number of pyridine rings is 1. The molecule has 0 bridgehead atoms. The zero-order valence-electron chi connectivity index (χ0n) is 13.9. The van der Waals surface area contributed by atoms with Crippen molar-refractivity contribution in [1.82, 2.24) is 15.2 Å². The quantitative estimate of drug-likeness (QED) is 0.874. The number of aromatic nitrogens is 1. The summed E-state index contributed by atoms with van der Waals surface area (Å²) in [5, 5.41) is 3.44. The average molecular weight is 291 g/mol. The molecule has 0 amide bonds. The van der Waals surface area contributed by atoms with Gasteiger partial charge in [0.25, 0.3) is 0 Å². The van der Waals surface area contributed by atoms with E-state index in [1.54, 1.807) is 0 Å². The zero-order valence-corrected chi connectivity index (χ0v) is 13.9. The average Bonchev–Trinajstić information content (AvgIpc) is 2.44. The van der Waals surface area contributed by atoms with Crippen LogP contribution < -0.4 is 10.1 Å². The van der Waals surface area contributed by atoms with Crippen LogP contribution in [-0.2, 0) is 6.54 Å². The third kappa shape index (κ3) is 5.29. The number of rotatable bonds is 6. The lowest BCUT2D eigenvalue weighted by atomic mass is 10.0. The number of nitrogens with zero attached hydrogens (tertiary/aromatic N) is 2. The van der Waals surface area contributed by atoms with Crippen LogP contribution in [0.1, 0.15) is 44.4 Å². The van der Waals surface area contributed by atoms with Crippen molar-refractivity contribution in [2.75, 3.05) is 20.2 Å². The molecule has 1 N–H and O–H groups in total. The summed E-state index contributed by atoms with van der Waals surface area (Å²) in [4.78, 5) is 6.91. The number of likely N-dealkylation sites (N-methyl/N-ethyl adjacent to an activating group) is 1. The fraction of sp³-hybridized carbons (Fsp3) is 0.706. The van der Waals surface area contributed by atoms with Crippen LogP contribution in [0, 0.1) is 6.92 Å². The Labute approximate surface area is 128 Å². The van der Waals surface area contributed by atoms with Crippen molar-refractivity contribution in [3.63, 3.8) is 0 Å². The number of ether oxygens (including phenoxy) is 1. The van der Waals surface area contributed by atoms with Crippen LogP contribution in [0.2, 0.25) is 0 Å². The number of likely N-dealkylation sites (tertiary alicyclic amines) is 1. The van der Waals surface area contributed by atoms with Gasteiger partial charge < -0.3 is 15.0 Å². The second kappa shape index (κ2) is 7.76. The lowest BCUT2D eigenvalue weighted by Gasteiger charge is -2.32. The van der Waals surface area contributed by atoms with Gasteiger partial charge in [-0.25, -0.2) is 4.98 Å². The first-order valence-electron chi connectivity index (χ1n) is 8.08. The van der Waals surface area contributed by atoms with E-state index in [2.05, 4.69) is 48.2 Å². The maximum Gasteiger partial charge on any atom is 0.213 e. The molecule has 1 unspecified atom stereocenters. The van der Waals surface area contributed by atoms with E-state index < -0.39 is 0 Å². The summed E-state index contributed by atoms with van der Waals surface area (Å²) in [6, 6.07) is 5.19. The maximum atomic E-state index is 5.96. The molecule has 0 radical (unpaired) electrons. The van der Waals surface area contributed by atoms with Crippen LogP contribution in [-0.4, -0.2) is 42.2 Å². The fourth-order valence-electron chi connectivity index (χ4n) is 2.74. The Morgan fingerprint density at radius 1 is 1.38 bits per heavy atom. The van der Waals surface area contributed by atoms with E-state index in [-0.39, 0.29) is 0 Å². The van der Waals surface area contributed by atoms with Crippen molar-refractivity contribution in [2.24, 2.45) is 0 Å². The Kier molecular flexibility index (Phi) is 6.00. The number of nitrogens with one attached hydrogen (secondary N) is 1. The van der Waals surface area contributed by atoms with Crippen molar-refractivity contribution in [3.8, 4) is 5.88 Å². The normalized spacial score (nSPS) is 20.0. The standard InChI is InChI=1S/C17H29N3O/c1-13(2)18-11-15-9-14(3)19-17(10-15)21-12-16-7-5-6-8-20(16)4/h9-10,13,16,18H,5-8,11-12H2,1-4H3. The van der Waals surface area contributed by atoms with Crippen molar-refractivity contribution in [3.05, 3.63) is 23.4 Å². The second-order valence-electron chi connectivity index (χ2n) is 6.43. The van der Waals surface area contributed by atoms with Crippen molar-refractivity contribution in [2.45, 2.75) is 58.7 Å². The molecule has 2 rings (SSSR count). The van der Waals surface area contributed by atoms with E-state index in [1.807, 2.05) is 6.92 Å². The summed E-state index contributed by atoms with van der Waals surface area (Å²) in [5.41, 5.74) is 2.26. The van der Waals surface area contributed by atoms with Crippen LogP contribution in [0.5, 0.6) is 5.88 Å². The highest BCUT2D eigenvalue weighted by Gasteiger charge is 2.19. The summed E-state index contributed by atoms with van der Waals surface area (Å²) in [7, 11) is 2.19. The number of aryl methyl sites for hydroxylation is 1. The smallest absolute Gasteiger partial charge is 0.213 e. The van der Waals surface area contributed by atoms with Gasteiger partial charge in [-0.1, -0.05) is 20.3 Å². The van der Waals surface area contributed by atoms with E-state index in [9.17, 15) is 0 Å². The van der Waals surface area contributed by atoms with Crippen LogP contribution in [0.25, 0.3) is 0 Å². The molecule has 118 valence electrons. The fourth-order valence-corrected chi connectivity index (χ4v) is 2.74. The van der Waals surface area contributed by atoms with Gasteiger partial charge in [-0.3, -0.25) is 0 Å². The Morgan fingerprint density at radius 2 is 2.19 bits per heavy atom. The lowest BCUT2D eigenvalue weighted by molar-refractivity contribution is 0.122. The number of hydrogen-bond donors (Lipinski definition) is 1. The molecular formula is C17H29N3O. The van der Waals surface area contributed by atoms with Gasteiger partial charge in [-0.2, -0.15) is 0 Å². The molecule has 0 aromatic carbocycles. The van der Waals surface area contributed by atoms with Crippen LogP contribution >= 0.6 is 0 Å². The van der Waals surface area contributed by atoms with Gasteiger partial charge >= 0.3 is 0 Å². The van der Waals surface area contributed by atoms with Gasteiger partial charge in [0, 0.05) is 30.4 Å². The number of piperidine rings is 1. The molecule has 1 saturated heterocycles.